The highest BCUT2D eigenvalue weighted by atomic mass is 35.5. The molecule has 2 N–H and O–H groups in total. The fourth-order valence-corrected chi connectivity index (χ4v) is 4.72. The van der Waals surface area contributed by atoms with E-state index < -0.39 is 0 Å². The van der Waals surface area contributed by atoms with Gasteiger partial charge in [-0.25, -0.2) is 0 Å². The molecule has 0 saturated heterocycles. The Balaban J connectivity index is 1.44. The summed E-state index contributed by atoms with van der Waals surface area (Å²) in [5.41, 5.74) is 3.89. The zero-order valence-corrected chi connectivity index (χ0v) is 20.7. The van der Waals surface area contributed by atoms with Gasteiger partial charge in [-0.15, -0.1) is 0 Å². The van der Waals surface area contributed by atoms with E-state index in [9.17, 15) is 9.59 Å². The summed E-state index contributed by atoms with van der Waals surface area (Å²) in [6, 6.07) is 10.1. The van der Waals surface area contributed by atoms with Crippen molar-refractivity contribution in [2.24, 2.45) is 0 Å². The highest BCUT2D eigenvalue weighted by Gasteiger charge is 2.28. The second kappa shape index (κ2) is 11.2. The van der Waals surface area contributed by atoms with E-state index in [4.69, 9.17) is 11.6 Å². The first-order valence-corrected chi connectivity index (χ1v) is 12.3. The van der Waals surface area contributed by atoms with Crippen LogP contribution in [0.1, 0.15) is 68.0 Å². The van der Waals surface area contributed by atoms with E-state index >= 15 is 0 Å². The van der Waals surface area contributed by atoms with Gasteiger partial charge in [-0.05, 0) is 62.8 Å². The minimum absolute atomic E-state index is 0.0144. The molecule has 1 aromatic heterocycles. The maximum absolute atomic E-state index is 13.3. The third-order valence-corrected chi connectivity index (χ3v) is 6.52. The standard InChI is InChI=1S/C28H29ClN4O2/c1-19-17-22(12-11-21-7-4-3-5-8-21)9-6-10-26(19)32-28(35)27-25(29)18-30-33(27)24-15-13-23(14-16-24)31-20(2)34/h3-5,7-10,17-18,23-24H,6,13-16H2,1-2H3,(H,31,34)(H,32,35)/t23-,24+. The van der Waals surface area contributed by atoms with Crippen molar-refractivity contribution in [2.45, 2.75) is 58.0 Å². The zero-order valence-electron chi connectivity index (χ0n) is 20.0. The molecule has 0 unspecified atom stereocenters. The van der Waals surface area contributed by atoms with Crippen LogP contribution in [0.4, 0.5) is 0 Å². The quantitative estimate of drug-likeness (QED) is 0.588. The van der Waals surface area contributed by atoms with Crippen LogP contribution < -0.4 is 10.6 Å². The van der Waals surface area contributed by atoms with Crippen molar-refractivity contribution in [3.63, 3.8) is 0 Å². The third-order valence-electron chi connectivity index (χ3n) is 6.25. The van der Waals surface area contributed by atoms with Crippen LogP contribution in [0.25, 0.3) is 0 Å². The van der Waals surface area contributed by atoms with Gasteiger partial charge >= 0.3 is 0 Å². The lowest BCUT2D eigenvalue weighted by molar-refractivity contribution is -0.119. The average Bonchev–Trinajstić information content (AvgIpc) is 3.14. The van der Waals surface area contributed by atoms with Crippen LogP contribution in [-0.4, -0.2) is 27.6 Å². The van der Waals surface area contributed by atoms with Crippen molar-refractivity contribution in [1.29, 1.82) is 0 Å². The van der Waals surface area contributed by atoms with Crippen molar-refractivity contribution in [3.05, 3.63) is 87.9 Å². The Morgan fingerprint density at radius 3 is 2.54 bits per heavy atom. The number of nitrogens with zero attached hydrogens (tertiary/aromatic N) is 2. The highest BCUT2D eigenvalue weighted by molar-refractivity contribution is 6.33. The van der Waals surface area contributed by atoms with Gasteiger partial charge in [0.05, 0.1) is 17.3 Å². The van der Waals surface area contributed by atoms with E-state index in [2.05, 4.69) is 27.6 Å². The molecule has 0 spiro atoms. The summed E-state index contributed by atoms with van der Waals surface area (Å²) in [5.74, 6) is 6.10. The van der Waals surface area contributed by atoms with Crippen LogP contribution >= 0.6 is 11.6 Å². The number of carbonyl (C=O) groups excluding carboxylic acids is 2. The molecule has 1 saturated carbocycles. The molecule has 7 heteroatoms. The van der Waals surface area contributed by atoms with Gasteiger partial charge in [-0.1, -0.05) is 53.8 Å². The van der Waals surface area contributed by atoms with Crippen molar-refractivity contribution < 1.29 is 9.59 Å². The van der Waals surface area contributed by atoms with Gasteiger partial charge in [0.1, 0.15) is 5.69 Å². The second-order valence-electron chi connectivity index (χ2n) is 8.90. The Hall–Kier alpha value is -3.56. The molecular weight excluding hydrogens is 460 g/mol. The molecule has 35 heavy (non-hydrogen) atoms. The first-order chi connectivity index (χ1) is 16.9. The fourth-order valence-electron chi connectivity index (χ4n) is 4.50. The second-order valence-corrected chi connectivity index (χ2v) is 9.31. The summed E-state index contributed by atoms with van der Waals surface area (Å²) in [6.45, 7) is 3.49. The van der Waals surface area contributed by atoms with Gasteiger partial charge in [0.15, 0.2) is 0 Å². The van der Waals surface area contributed by atoms with E-state index in [1.165, 1.54) is 13.1 Å². The van der Waals surface area contributed by atoms with Gasteiger partial charge in [-0.2, -0.15) is 5.10 Å². The van der Waals surface area contributed by atoms with E-state index in [1.807, 2.05) is 55.5 Å². The summed E-state index contributed by atoms with van der Waals surface area (Å²) >= 11 is 6.40. The molecule has 1 heterocycles. The predicted octanol–water partition coefficient (Wildman–Crippen LogP) is 5.10. The van der Waals surface area contributed by atoms with E-state index in [1.54, 1.807) is 4.68 Å². The summed E-state index contributed by atoms with van der Waals surface area (Å²) in [5, 5.41) is 10.8. The molecule has 2 aromatic rings. The van der Waals surface area contributed by atoms with Crippen LogP contribution in [-0.2, 0) is 4.79 Å². The van der Waals surface area contributed by atoms with Crippen LogP contribution in [0.3, 0.4) is 0 Å². The van der Waals surface area contributed by atoms with Gasteiger partial charge in [0.25, 0.3) is 5.91 Å². The number of hydrogen-bond acceptors (Lipinski definition) is 3. The maximum Gasteiger partial charge on any atom is 0.275 e. The zero-order chi connectivity index (χ0) is 24.8. The molecular formula is C28H29ClN4O2. The third kappa shape index (κ3) is 6.32. The molecule has 6 nitrogen and oxygen atoms in total. The summed E-state index contributed by atoms with van der Waals surface area (Å²) in [7, 11) is 0. The number of benzene rings is 1. The molecule has 0 atom stereocenters. The Morgan fingerprint density at radius 2 is 1.83 bits per heavy atom. The lowest BCUT2D eigenvalue weighted by atomic mass is 9.91. The van der Waals surface area contributed by atoms with Crippen LogP contribution in [0.15, 0.2) is 71.6 Å². The number of rotatable bonds is 4. The molecule has 180 valence electrons. The van der Waals surface area contributed by atoms with Crippen LogP contribution in [0.5, 0.6) is 0 Å². The molecule has 2 aliphatic carbocycles. The SMILES string of the molecule is CC(=O)N[C@H]1CC[C@@H](n2ncc(Cl)c2C(=O)NC2=CCC=C(C#Cc3ccccc3)C=C2C)CC1. The van der Waals surface area contributed by atoms with Gasteiger partial charge in [0, 0.05) is 29.8 Å². The number of carbonyl (C=O) groups is 2. The summed E-state index contributed by atoms with van der Waals surface area (Å²) < 4.78 is 1.74. The predicted molar refractivity (Wildman–Crippen MR) is 138 cm³/mol. The van der Waals surface area contributed by atoms with E-state index in [-0.39, 0.29) is 23.9 Å². The molecule has 2 amide bonds. The largest absolute Gasteiger partial charge is 0.354 e. The first-order valence-electron chi connectivity index (χ1n) is 11.9. The molecule has 0 bridgehead atoms. The molecule has 0 radical (unpaired) electrons. The van der Waals surface area contributed by atoms with Crippen LogP contribution in [0.2, 0.25) is 5.02 Å². The number of amides is 2. The van der Waals surface area contributed by atoms with Gasteiger partial charge < -0.3 is 10.6 Å². The Bertz CT molecular complexity index is 1250. The van der Waals surface area contributed by atoms with Crippen molar-refractivity contribution in [2.75, 3.05) is 0 Å². The monoisotopic (exact) mass is 488 g/mol. The smallest absolute Gasteiger partial charge is 0.275 e. The van der Waals surface area contributed by atoms with E-state index in [0.29, 0.717) is 17.1 Å². The average molecular weight is 489 g/mol. The number of aromatic nitrogens is 2. The van der Waals surface area contributed by atoms with Crippen molar-refractivity contribution in [3.8, 4) is 11.8 Å². The Morgan fingerprint density at radius 1 is 1.09 bits per heavy atom. The Kier molecular flexibility index (Phi) is 7.89. The fraction of sp³-hybridized carbons (Fsp3) is 0.321. The Labute approximate surface area is 211 Å². The van der Waals surface area contributed by atoms with Gasteiger partial charge in [0.2, 0.25) is 5.91 Å². The topological polar surface area (TPSA) is 76.0 Å². The maximum atomic E-state index is 13.3. The van der Waals surface area contributed by atoms with E-state index in [0.717, 1.165) is 48.1 Å². The number of allylic oxidation sites excluding steroid dienone is 5. The molecule has 4 rings (SSSR count). The van der Waals surface area contributed by atoms with Crippen molar-refractivity contribution >= 4 is 23.4 Å². The van der Waals surface area contributed by atoms with Gasteiger partial charge in [-0.3, -0.25) is 14.3 Å². The van der Waals surface area contributed by atoms with Crippen LogP contribution in [0, 0.1) is 11.8 Å². The highest BCUT2D eigenvalue weighted by Crippen LogP contribution is 2.31. The summed E-state index contributed by atoms with van der Waals surface area (Å²) in [4.78, 5) is 24.6. The minimum atomic E-state index is -0.283. The molecule has 0 aliphatic heterocycles. The summed E-state index contributed by atoms with van der Waals surface area (Å²) in [6.07, 6.45) is 11.5. The normalized spacial score (nSPS) is 19.8. The molecule has 1 fully saturated rings. The number of hydrogen-bond donors (Lipinski definition) is 2. The molecule has 1 aromatic carbocycles. The molecule has 2 aliphatic rings. The lowest BCUT2D eigenvalue weighted by Crippen LogP contribution is -2.37. The lowest BCUT2D eigenvalue weighted by Gasteiger charge is -2.29. The minimum Gasteiger partial charge on any atom is -0.354 e. The van der Waals surface area contributed by atoms with Crippen molar-refractivity contribution in [1.82, 2.24) is 20.4 Å². The first kappa shape index (κ1) is 24.6. The number of nitrogens with one attached hydrogen (secondary N) is 2. The number of halogens is 1.